The Morgan fingerprint density at radius 2 is 1.88 bits per heavy atom. The molecule has 2 aliphatic heterocycles. The topological polar surface area (TPSA) is 166 Å². The number of ketones is 1. The van der Waals surface area contributed by atoms with Crippen molar-refractivity contribution in [2.45, 2.75) is 95.7 Å². The van der Waals surface area contributed by atoms with Crippen molar-refractivity contribution < 1.29 is 53.4 Å². The van der Waals surface area contributed by atoms with Crippen LogP contribution in [-0.2, 0) is 38.1 Å². The summed E-state index contributed by atoms with van der Waals surface area (Å²) in [6.07, 6.45) is 1.66. The van der Waals surface area contributed by atoms with Gasteiger partial charge in [0.25, 0.3) is 0 Å². The molecule has 11 nitrogen and oxygen atoms in total. The first-order chi connectivity index (χ1) is 19.4. The van der Waals surface area contributed by atoms with Crippen LogP contribution < -0.4 is 0 Å². The number of carbonyl (C=O) groups excluding carboxylic acids is 4. The molecule has 10 atom stereocenters. The standard InChI is InChI=1S/C30H40O11/c1-5-6-7-8-9-10-11-19(32)41-22-24-29-14-39-30(24,27(37)38-4)25(35)21(34)23(29)28(3)13-17(31)20(33)15(2)16(28)12-18(29)40-26(22)36/h10-11,16,18,21-25,33-35H,5-9,12-14H2,1-4H3/b11-10+/t16-,18+,21?,22+,23+,24+,25-,28-,29+,30-/m0/s1. The fourth-order valence-electron chi connectivity index (χ4n) is 8.89. The van der Waals surface area contributed by atoms with E-state index < -0.39 is 82.3 Å². The van der Waals surface area contributed by atoms with Gasteiger partial charge in [-0.2, -0.15) is 0 Å². The minimum atomic E-state index is -2.22. The smallest absolute Gasteiger partial charge is 0.348 e. The molecule has 11 heteroatoms. The molecule has 1 unspecified atom stereocenters. The summed E-state index contributed by atoms with van der Waals surface area (Å²) < 4.78 is 22.7. The number of hydrogen-bond donors (Lipinski definition) is 3. The lowest BCUT2D eigenvalue weighted by Crippen LogP contribution is -2.79. The van der Waals surface area contributed by atoms with Crippen molar-refractivity contribution in [3.05, 3.63) is 23.5 Å². The van der Waals surface area contributed by atoms with Gasteiger partial charge >= 0.3 is 17.9 Å². The van der Waals surface area contributed by atoms with Crippen LogP contribution in [0.2, 0.25) is 0 Å². The number of carbonyl (C=O) groups is 4. The molecule has 2 saturated heterocycles. The molecule has 2 saturated carbocycles. The number of aliphatic hydroxyl groups is 3. The zero-order chi connectivity index (χ0) is 29.9. The Balaban J connectivity index is 1.58. The van der Waals surface area contributed by atoms with Gasteiger partial charge in [-0.15, -0.1) is 0 Å². The van der Waals surface area contributed by atoms with Crippen LogP contribution in [0.3, 0.4) is 0 Å². The summed E-state index contributed by atoms with van der Waals surface area (Å²) in [5.41, 5.74) is -4.11. The van der Waals surface area contributed by atoms with E-state index >= 15 is 0 Å². The van der Waals surface area contributed by atoms with Gasteiger partial charge in [-0.1, -0.05) is 39.2 Å². The summed E-state index contributed by atoms with van der Waals surface area (Å²) in [6, 6.07) is 0. The Hall–Kier alpha value is -2.76. The third-order valence-electron chi connectivity index (χ3n) is 10.6. The molecule has 3 aliphatic carbocycles. The van der Waals surface area contributed by atoms with Crippen LogP contribution >= 0.6 is 0 Å². The molecule has 0 aromatic carbocycles. The third-order valence-corrected chi connectivity index (χ3v) is 10.6. The number of unbranched alkanes of at least 4 members (excludes halogenated alkanes) is 4. The summed E-state index contributed by atoms with van der Waals surface area (Å²) in [5.74, 6) is -6.23. The lowest BCUT2D eigenvalue weighted by molar-refractivity contribution is -0.290. The Bertz CT molecular complexity index is 1190. The van der Waals surface area contributed by atoms with Crippen LogP contribution in [0.4, 0.5) is 0 Å². The van der Waals surface area contributed by atoms with E-state index in [1.165, 1.54) is 6.08 Å². The van der Waals surface area contributed by atoms with E-state index in [9.17, 15) is 34.5 Å². The van der Waals surface area contributed by atoms with E-state index in [4.69, 9.17) is 18.9 Å². The fourth-order valence-corrected chi connectivity index (χ4v) is 8.89. The highest BCUT2D eigenvalue weighted by atomic mass is 16.6. The van der Waals surface area contributed by atoms with Crippen LogP contribution in [0.1, 0.15) is 65.7 Å². The number of allylic oxidation sites excluding steroid dienone is 3. The molecule has 4 fully saturated rings. The molecule has 0 amide bonds. The van der Waals surface area contributed by atoms with Crippen LogP contribution in [0.5, 0.6) is 0 Å². The Kier molecular flexibility index (Phi) is 7.61. The summed E-state index contributed by atoms with van der Waals surface area (Å²) in [5, 5.41) is 33.8. The van der Waals surface area contributed by atoms with Gasteiger partial charge in [0.2, 0.25) is 11.7 Å². The van der Waals surface area contributed by atoms with Gasteiger partial charge in [-0.3, -0.25) is 4.79 Å². The summed E-state index contributed by atoms with van der Waals surface area (Å²) >= 11 is 0. The van der Waals surface area contributed by atoms with Crippen molar-refractivity contribution in [2.24, 2.45) is 28.6 Å². The molecular formula is C30H40O11. The number of hydrogen-bond acceptors (Lipinski definition) is 11. The molecule has 5 rings (SSSR count). The highest BCUT2D eigenvalue weighted by Crippen LogP contribution is 2.72. The number of Topliss-reactive ketones (excluding diaryl/α,β-unsaturated/α-hetero) is 1. The predicted molar refractivity (Wildman–Crippen MR) is 141 cm³/mol. The second-order valence-corrected chi connectivity index (χ2v) is 12.5. The molecule has 41 heavy (non-hydrogen) atoms. The van der Waals surface area contributed by atoms with Crippen LogP contribution in [0.15, 0.2) is 23.5 Å². The largest absolute Gasteiger partial charge is 0.504 e. The maximum atomic E-state index is 13.5. The van der Waals surface area contributed by atoms with Crippen LogP contribution in [-0.4, -0.2) is 82.7 Å². The van der Waals surface area contributed by atoms with E-state index in [1.54, 1.807) is 19.9 Å². The number of aliphatic hydroxyl groups excluding tert-OH is 3. The van der Waals surface area contributed by atoms with Crippen molar-refractivity contribution >= 4 is 23.7 Å². The molecule has 0 aromatic heterocycles. The van der Waals surface area contributed by atoms with Crippen molar-refractivity contribution in [3.63, 3.8) is 0 Å². The average Bonchev–Trinajstić information content (AvgIpc) is 3.24. The first-order valence-corrected chi connectivity index (χ1v) is 14.5. The van der Waals surface area contributed by atoms with E-state index in [2.05, 4.69) is 6.92 Å². The van der Waals surface area contributed by atoms with E-state index in [-0.39, 0.29) is 25.2 Å². The quantitative estimate of drug-likeness (QED) is 0.168. The van der Waals surface area contributed by atoms with Gasteiger partial charge in [0, 0.05) is 23.8 Å². The molecule has 2 heterocycles. The molecule has 3 N–H and O–H groups in total. The van der Waals surface area contributed by atoms with Crippen molar-refractivity contribution in [3.8, 4) is 0 Å². The normalized spacial score (nSPS) is 42.9. The Morgan fingerprint density at radius 3 is 2.56 bits per heavy atom. The van der Waals surface area contributed by atoms with Gasteiger partial charge in [0.05, 0.1) is 25.7 Å². The van der Waals surface area contributed by atoms with E-state index in [0.29, 0.717) is 12.0 Å². The number of esters is 3. The molecule has 0 aromatic rings. The SMILES string of the molecule is CCCCCC/C=C/C(=O)O[C@H]1C(=O)O[C@@H]2C[C@H]3C(C)=C(O)C(=O)C[C@]3(C)[C@H]3C(O)[C@H](O)[C@@]4(C(=O)OC)OC[C@]32[C@@H]14. The highest BCUT2D eigenvalue weighted by Gasteiger charge is 2.85. The number of ether oxygens (including phenoxy) is 4. The molecule has 5 aliphatic rings. The van der Waals surface area contributed by atoms with Crippen LogP contribution in [0, 0.1) is 28.6 Å². The van der Waals surface area contributed by atoms with Gasteiger partial charge in [0.1, 0.15) is 12.2 Å². The summed E-state index contributed by atoms with van der Waals surface area (Å²) in [6.45, 7) is 5.32. The van der Waals surface area contributed by atoms with Gasteiger partial charge in [-0.05, 0) is 43.1 Å². The first-order valence-electron chi connectivity index (χ1n) is 14.5. The molecular weight excluding hydrogens is 536 g/mol. The number of fused-ring (bicyclic) bond motifs is 2. The maximum Gasteiger partial charge on any atom is 0.348 e. The van der Waals surface area contributed by atoms with E-state index in [0.717, 1.165) is 32.8 Å². The maximum absolute atomic E-state index is 13.5. The monoisotopic (exact) mass is 576 g/mol. The fraction of sp³-hybridized carbons (Fsp3) is 0.733. The second kappa shape index (κ2) is 10.5. The Labute approximate surface area is 238 Å². The lowest BCUT2D eigenvalue weighted by Gasteiger charge is -2.67. The van der Waals surface area contributed by atoms with Gasteiger partial charge < -0.3 is 34.3 Å². The van der Waals surface area contributed by atoms with Crippen molar-refractivity contribution in [1.82, 2.24) is 0 Å². The van der Waals surface area contributed by atoms with Crippen molar-refractivity contribution in [1.29, 1.82) is 0 Å². The zero-order valence-electron chi connectivity index (χ0n) is 24.0. The predicted octanol–water partition coefficient (Wildman–Crippen LogP) is 2.08. The summed E-state index contributed by atoms with van der Waals surface area (Å²) in [7, 11) is 1.10. The van der Waals surface area contributed by atoms with E-state index in [1.807, 2.05) is 0 Å². The second-order valence-electron chi connectivity index (χ2n) is 12.5. The van der Waals surface area contributed by atoms with Gasteiger partial charge in [0.15, 0.2) is 11.5 Å². The molecule has 0 radical (unpaired) electrons. The first kappa shape index (κ1) is 29.7. The third kappa shape index (κ3) is 4.02. The van der Waals surface area contributed by atoms with Crippen LogP contribution in [0.25, 0.3) is 0 Å². The average molecular weight is 577 g/mol. The minimum Gasteiger partial charge on any atom is -0.504 e. The highest BCUT2D eigenvalue weighted by molar-refractivity contribution is 5.95. The van der Waals surface area contributed by atoms with Gasteiger partial charge in [-0.25, -0.2) is 14.4 Å². The Morgan fingerprint density at radius 1 is 1.15 bits per heavy atom. The molecule has 226 valence electrons. The number of rotatable bonds is 8. The van der Waals surface area contributed by atoms with Crippen molar-refractivity contribution in [2.75, 3.05) is 13.7 Å². The number of methoxy groups -OCH3 is 1. The summed E-state index contributed by atoms with van der Waals surface area (Å²) in [4.78, 5) is 52.8. The lowest BCUT2D eigenvalue weighted by atomic mass is 9.38. The molecule has 1 spiro atoms. The minimum absolute atomic E-state index is 0.138. The molecule has 2 bridgehead atoms. The zero-order valence-corrected chi connectivity index (χ0v) is 24.0.